The minimum atomic E-state index is -0.242. The average Bonchev–Trinajstić information content (AvgIpc) is 2.87. The summed E-state index contributed by atoms with van der Waals surface area (Å²) in [5.41, 5.74) is 0.737. The van der Waals surface area contributed by atoms with E-state index in [9.17, 15) is 0 Å². The highest BCUT2D eigenvalue weighted by Crippen LogP contribution is 2.33. The van der Waals surface area contributed by atoms with Gasteiger partial charge in [0, 0.05) is 5.56 Å². The Bertz CT molecular complexity index is 538. The molecule has 0 aliphatic carbocycles. The first-order valence-electron chi connectivity index (χ1n) is 5.20. The predicted octanol–water partition coefficient (Wildman–Crippen LogP) is 1.00. The van der Waals surface area contributed by atoms with Gasteiger partial charge in [-0.2, -0.15) is 4.98 Å². The van der Waals surface area contributed by atoms with E-state index < -0.39 is 0 Å². The Morgan fingerprint density at radius 1 is 1.18 bits per heavy atom. The second-order valence-electron chi connectivity index (χ2n) is 3.53. The van der Waals surface area contributed by atoms with Crippen LogP contribution in [0, 0.1) is 0 Å². The molecule has 0 spiro atoms. The molecule has 1 aliphatic heterocycles. The predicted molar refractivity (Wildman–Crippen MR) is 56.6 cm³/mol. The van der Waals surface area contributed by atoms with Gasteiger partial charge in [-0.05, 0) is 18.2 Å². The molecule has 2 aromatic rings. The number of hydrogen-bond donors (Lipinski definition) is 1. The fourth-order valence-corrected chi connectivity index (χ4v) is 1.61. The molecule has 1 N–H and O–H groups in total. The highest BCUT2D eigenvalue weighted by atomic mass is 16.6. The number of aromatic nitrogens is 2. The molecule has 0 saturated carbocycles. The van der Waals surface area contributed by atoms with Gasteiger partial charge in [-0.15, -0.1) is 0 Å². The second-order valence-corrected chi connectivity index (χ2v) is 3.53. The Morgan fingerprint density at radius 2 is 2.00 bits per heavy atom. The summed E-state index contributed by atoms with van der Waals surface area (Å²) >= 11 is 0. The zero-order valence-corrected chi connectivity index (χ0v) is 8.92. The van der Waals surface area contributed by atoms with Crippen molar-refractivity contribution in [1.29, 1.82) is 0 Å². The van der Waals surface area contributed by atoms with Gasteiger partial charge < -0.3 is 19.1 Å². The van der Waals surface area contributed by atoms with Gasteiger partial charge in [0.15, 0.2) is 17.3 Å². The van der Waals surface area contributed by atoms with Crippen molar-refractivity contribution in [3.8, 4) is 23.0 Å². The second kappa shape index (κ2) is 4.06. The Kier molecular flexibility index (Phi) is 2.41. The van der Waals surface area contributed by atoms with E-state index in [-0.39, 0.29) is 12.4 Å². The Balaban J connectivity index is 1.97. The summed E-state index contributed by atoms with van der Waals surface area (Å²) in [6.45, 7) is 0.845. The zero-order chi connectivity index (χ0) is 11.7. The van der Waals surface area contributed by atoms with Gasteiger partial charge in [-0.25, -0.2) is 0 Å². The number of fused-ring (bicyclic) bond motifs is 1. The van der Waals surface area contributed by atoms with Crippen molar-refractivity contribution in [2.75, 3.05) is 13.2 Å². The van der Waals surface area contributed by atoms with E-state index in [2.05, 4.69) is 10.1 Å². The highest BCUT2D eigenvalue weighted by molar-refractivity contribution is 5.59. The first-order chi connectivity index (χ1) is 8.36. The summed E-state index contributed by atoms with van der Waals surface area (Å²) < 4.78 is 15.9. The summed E-state index contributed by atoms with van der Waals surface area (Å²) in [7, 11) is 0. The largest absolute Gasteiger partial charge is 0.486 e. The van der Waals surface area contributed by atoms with Gasteiger partial charge >= 0.3 is 0 Å². The maximum atomic E-state index is 8.86. The lowest BCUT2D eigenvalue weighted by molar-refractivity contribution is 0.171. The quantitative estimate of drug-likeness (QED) is 0.835. The average molecular weight is 234 g/mol. The fourth-order valence-electron chi connectivity index (χ4n) is 1.61. The van der Waals surface area contributed by atoms with Crippen molar-refractivity contribution in [1.82, 2.24) is 10.1 Å². The number of benzene rings is 1. The molecule has 3 rings (SSSR count). The third-order valence-corrected chi connectivity index (χ3v) is 2.40. The van der Waals surface area contributed by atoms with Gasteiger partial charge in [-0.1, -0.05) is 5.16 Å². The number of rotatable bonds is 2. The molecule has 6 nitrogen and oxygen atoms in total. The van der Waals surface area contributed by atoms with Crippen LogP contribution in [0.2, 0.25) is 0 Å². The van der Waals surface area contributed by atoms with E-state index in [1.165, 1.54) is 0 Å². The van der Waals surface area contributed by atoms with Gasteiger partial charge in [0.05, 0.1) is 0 Å². The lowest BCUT2D eigenvalue weighted by Gasteiger charge is -2.18. The van der Waals surface area contributed by atoms with Gasteiger partial charge in [0.25, 0.3) is 5.89 Å². The minimum absolute atomic E-state index is 0.242. The molecular weight excluding hydrogens is 224 g/mol. The third kappa shape index (κ3) is 1.83. The minimum Gasteiger partial charge on any atom is -0.486 e. The molecule has 0 unspecified atom stereocenters. The Morgan fingerprint density at radius 3 is 2.76 bits per heavy atom. The number of nitrogens with zero attached hydrogens (tertiary/aromatic N) is 2. The molecule has 1 aromatic heterocycles. The van der Waals surface area contributed by atoms with Gasteiger partial charge in [0.1, 0.15) is 19.8 Å². The lowest BCUT2D eigenvalue weighted by Crippen LogP contribution is -2.15. The molecule has 88 valence electrons. The van der Waals surface area contributed by atoms with Gasteiger partial charge in [0.2, 0.25) is 0 Å². The van der Waals surface area contributed by atoms with Crippen LogP contribution in [0.4, 0.5) is 0 Å². The molecule has 6 heteroatoms. The maximum Gasteiger partial charge on any atom is 0.258 e. The van der Waals surface area contributed by atoms with Crippen molar-refractivity contribution >= 4 is 0 Å². The molecule has 0 amide bonds. The first-order valence-corrected chi connectivity index (χ1v) is 5.20. The summed E-state index contributed by atoms with van der Waals surface area (Å²) in [4.78, 5) is 4.02. The van der Waals surface area contributed by atoms with Crippen LogP contribution in [-0.2, 0) is 6.61 Å². The highest BCUT2D eigenvalue weighted by Gasteiger charge is 2.15. The smallest absolute Gasteiger partial charge is 0.258 e. The number of aliphatic hydroxyl groups is 1. The van der Waals surface area contributed by atoms with Crippen molar-refractivity contribution in [3.63, 3.8) is 0 Å². The van der Waals surface area contributed by atoms with E-state index in [4.69, 9.17) is 19.1 Å². The SMILES string of the molecule is OCc1noc(-c2ccc3c(c2)OCCO3)n1. The summed E-state index contributed by atoms with van der Waals surface area (Å²) in [5.74, 6) is 1.99. The van der Waals surface area contributed by atoms with Crippen molar-refractivity contribution in [2.45, 2.75) is 6.61 Å². The number of hydrogen-bond acceptors (Lipinski definition) is 6. The van der Waals surface area contributed by atoms with Crippen molar-refractivity contribution in [2.24, 2.45) is 0 Å². The fraction of sp³-hybridized carbons (Fsp3) is 0.273. The number of aliphatic hydroxyl groups excluding tert-OH is 1. The zero-order valence-electron chi connectivity index (χ0n) is 8.92. The maximum absolute atomic E-state index is 8.86. The van der Waals surface area contributed by atoms with E-state index in [0.717, 1.165) is 5.56 Å². The standard InChI is InChI=1S/C11H10N2O4/c14-6-10-12-11(17-13-10)7-1-2-8-9(5-7)16-4-3-15-8/h1-2,5,14H,3-4,6H2. The molecule has 1 aliphatic rings. The van der Waals surface area contributed by atoms with Crippen LogP contribution in [-0.4, -0.2) is 28.5 Å². The third-order valence-electron chi connectivity index (χ3n) is 2.40. The van der Waals surface area contributed by atoms with Crippen molar-refractivity contribution in [3.05, 3.63) is 24.0 Å². The van der Waals surface area contributed by atoms with E-state index >= 15 is 0 Å². The monoisotopic (exact) mass is 234 g/mol. The molecule has 0 radical (unpaired) electrons. The summed E-state index contributed by atoms with van der Waals surface area (Å²) in [6.07, 6.45) is 0. The van der Waals surface area contributed by atoms with E-state index in [0.29, 0.717) is 30.6 Å². The molecule has 0 bridgehead atoms. The summed E-state index contributed by atoms with van der Waals surface area (Å²) in [6, 6.07) is 5.39. The molecule has 0 saturated heterocycles. The van der Waals surface area contributed by atoms with Gasteiger partial charge in [-0.3, -0.25) is 0 Å². The van der Waals surface area contributed by atoms with Crippen LogP contribution >= 0.6 is 0 Å². The normalized spacial score (nSPS) is 13.7. The Hall–Kier alpha value is -2.08. The number of ether oxygens (including phenoxy) is 2. The van der Waals surface area contributed by atoms with Crippen LogP contribution < -0.4 is 9.47 Å². The molecular formula is C11H10N2O4. The van der Waals surface area contributed by atoms with Crippen LogP contribution in [0.3, 0.4) is 0 Å². The molecule has 1 aromatic carbocycles. The van der Waals surface area contributed by atoms with E-state index in [1.54, 1.807) is 12.1 Å². The molecule has 0 atom stereocenters. The van der Waals surface area contributed by atoms with Crippen molar-refractivity contribution < 1.29 is 19.1 Å². The molecule has 17 heavy (non-hydrogen) atoms. The van der Waals surface area contributed by atoms with Crippen LogP contribution in [0.1, 0.15) is 5.82 Å². The topological polar surface area (TPSA) is 77.6 Å². The molecule has 2 heterocycles. The van der Waals surface area contributed by atoms with Crippen LogP contribution in [0.25, 0.3) is 11.5 Å². The van der Waals surface area contributed by atoms with E-state index in [1.807, 2.05) is 6.07 Å². The molecule has 0 fully saturated rings. The lowest BCUT2D eigenvalue weighted by atomic mass is 10.2. The summed E-state index contributed by atoms with van der Waals surface area (Å²) in [5, 5.41) is 12.5. The Labute approximate surface area is 96.8 Å². The van der Waals surface area contributed by atoms with Crippen LogP contribution in [0.15, 0.2) is 22.7 Å². The van der Waals surface area contributed by atoms with Crippen LogP contribution in [0.5, 0.6) is 11.5 Å². The first kappa shape index (κ1) is 10.1.